The molecule has 0 N–H and O–H groups in total. The third-order valence-electron chi connectivity index (χ3n) is 2.16. The minimum absolute atomic E-state index is 0.0244. The van der Waals surface area contributed by atoms with Gasteiger partial charge in [0.1, 0.15) is 12.4 Å². The number of amides is 1. The van der Waals surface area contributed by atoms with Gasteiger partial charge in [-0.3, -0.25) is 9.63 Å². The molecule has 0 heterocycles. The molecule has 0 aliphatic heterocycles. The molecule has 1 aromatic rings. The van der Waals surface area contributed by atoms with E-state index in [1.807, 2.05) is 0 Å². The Morgan fingerprint density at radius 2 is 2.24 bits per heavy atom. The second-order valence-electron chi connectivity index (χ2n) is 3.27. The summed E-state index contributed by atoms with van der Waals surface area (Å²) in [6.07, 6.45) is 0. The first kappa shape index (κ1) is 14.1. The predicted molar refractivity (Wildman–Crippen MR) is 63.5 cm³/mol. The van der Waals surface area contributed by atoms with Crippen LogP contribution in [0.15, 0.2) is 22.7 Å². The van der Waals surface area contributed by atoms with Crippen molar-refractivity contribution >= 4 is 21.8 Å². The number of carbonyl (C=O) groups is 1. The summed E-state index contributed by atoms with van der Waals surface area (Å²) in [5, 5.41) is 1.05. The summed E-state index contributed by atoms with van der Waals surface area (Å²) in [7, 11) is 2.86. The Balaban J connectivity index is 2.49. The van der Waals surface area contributed by atoms with Crippen molar-refractivity contribution in [1.82, 2.24) is 5.06 Å². The van der Waals surface area contributed by atoms with Crippen molar-refractivity contribution in [3.05, 3.63) is 34.1 Å². The molecule has 0 saturated carbocycles. The third kappa shape index (κ3) is 4.07. The van der Waals surface area contributed by atoms with Gasteiger partial charge >= 0.3 is 0 Å². The molecule has 94 valence electrons. The molecule has 4 nitrogen and oxygen atoms in total. The molecular weight excluding hydrogens is 293 g/mol. The standard InChI is InChI=1S/C11H13BrFNO3/c1-14(16-2)11(15)7-17-6-8-9(12)4-3-5-10(8)13/h3-5H,6-7H2,1-2H3. The number of rotatable bonds is 5. The zero-order chi connectivity index (χ0) is 12.8. The van der Waals surface area contributed by atoms with Gasteiger partial charge in [0, 0.05) is 17.1 Å². The van der Waals surface area contributed by atoms with Crippen molar-refractivity contribution in [3.63, 3.8) is 0 Å². The largest absolute Gasteiger partial charge is 0.367 e. The molecule has 0 aliphatic carbocycles. The second-order valence-corrected chi connectivity index (χ2v) is 4.12. The van der Waals surface area contributed by atoms with Gasteiger partial charge in [0.15, 0.2) is 0 Å². The van der Waals surface area contributed by atoms with Gasteiger partial charge < -0.3 is 4.74 Å². The van der Waals surface area contributed by atoms with Crippen LogP contribution in [0.5, 0.6) is 0 Å². The van der Waals surface area contributed by atoms with Gasteiger partial charge in [0.2, 0.25) is 0 Å². The van der Waals surface area contributed by atoms with Crippen molar-refractivity contribution in [3.8, 4) is 0 Å². The van der Waals surface area contributed by atoms with Crippen LogP contribution in [-0.2, 0) is 21.0 Å². The van der Waals surface area contributed by atoms with Gasteiger partial charge in [-0.25, -0.2) is 9.45 Å². The fourth-order valence-corrected chi connectivity index (χ4v) is 1.56. The second kappa shape index (κ2) is 6.68. The molecule has 1 aromatic carbocycles. The molecule has 1 rings (SSSR count). The van der Waals surface area contributed by atoms with Crippen LogP contribution < -0.4 is 0 Å². The van der Waals surface area contributed by atoms with Crippen LogP contribution in [0.3, 0.4) is 0 Å². The normalized spacial score (nSPS) is 10.4. The fourth-order valence-electron chi connectivity index (χ4n) is 1.10. The van der Waals surface area contributed by atoms with Crippen LogP contribution in [0, 0.1) is 5.82 Å². The number of hydrogen-bond donors (Lipinski definition) is 0. The topological polar surface area (TPSA) is 38.8 Å². The van der Waals surface area contributed by atoms with Crippen molar-refractivity contribution in [2.45, 2.75) is 6.61 Å². The molecule has 0 radical (unpaired) electrons. The average molecular weight is 306 g/mol. The van der Waals surface area contributed by atoms with Crippen LogP contribution in [0.4, 0.5) is 4.39 Å². The summed E-state index contributed by atoms with van der Waals surface area (Å²) in [6, 6.07) is 4.64. The maximum Gasteiger partial charge on any atom is 0.271 e. The summed E-state index contributed by atoms with van der Waals surface area (Å²) >= 11 is 3.22. The van der Waals surface area contributed by atoms with Crippen molar-refractivity contribution in [1.29, 1.82) is 0 Å². The number of hydrogen-bond acceptors (Lipinski definition) is 3. The first-order valence-electron chi connectivity index (χ1n) is 4.87. The fraction of sp³-hybridized carbons (Fsp3) is 0.364. The van der Waals surface area contributed by atoms with E-state index < -0.39 is 0 Å². The summed E-state index contributed by atoms with van der Waals surface area (Å²) in [5.41, 5.74) is 0.389. The Morgan fingerprint density at radius 3 is 2.82 bits per heavy atom. The molecule has 0 saturated heterocycles. The average Bonchev–Trinajstić information content (AvgIpc) is 2.31. The van der Waals surface area contributed by atoms with E-state index in [0.717, 1.165) is 5.06 Å². The lowest BCUT2D eigenvalue weighted by atomic mass is 10.2. The number of benzene rings is 1. The Kier molecular flexibility index (Phi) is 5.54. The molecule has 0 bridgehead atoms. The van der Waals surface area contributed by atoms with Crippen molar-refractivity contribution in [2.24, 2.45) is 0 Å². The minimum atomic E-state index is -0.369. The van der Waals surface area contributed by atoms with Gasteiger partial charge in [0.25, 0.3) is 5.91 Å². The maximum absolute atomic E-state index is 13.4. The maximum atomic E-state index is 13.4. The Hall–Kier alpha value is -0.980. The zero-order valence-corrected chi connectivity index (χ0v) is 11.2. The van der Waals surface area contributed by atoms with E-state index in [1.165, 1.54) is 20.2 Å². The smallest absolute Gasteiger partial charge is 0.271 e. The first-order valence-corrected chi connectivity index (χ1v) is 5.67. The van der Waals surface area contributed by atoms with Crippen LogP contribution >= 0.6 is 15.9 Å². The van der Waals surface area contributed by atoms with E-state index in [9.17, 15) is 9.18 Å². The summed E-state index contributed by atoms with van der Waals surface area (Å²) in [5.74, 6) is -0.702. The summed E-state index contributed by atoms with van der Waals surface area (Å²) in [4.78, 5) is 16.0. The SMILES string of the molecule is CON(C)C(=O)COCc1c(F)cccc1Br. The van der Waals surface area contributed by atoms with Crippen molar-refractivity contribution in [2.75, 3.05) is 20.8 Å². The van der Waals surface area contributed by atoms with E-state index in [2.05, 4.69) is 20.8 Å². The van der Waals surface area contributed by atoms with Crippen molar-refractivity contribution < 1.29 is 18.8 Å². The van der Waals surface area contributed by atoms with Gasteiger partial charge in [-0.1, -0.05) is 22.0 Å². The molecule has 0 aromatic heterocycles. The molecule has 0 unspecified atom stereocenters. The monoisotopic (exact) mass is 305 g/mol. The van der Waals surface area contributed by atoms with Gasteiger partial charge in [0.05, 0.1) is 13.7 Å². The van der Waals surface area contributed by atoms with E-state index in [-0.39, 0.29) is 24.9 Å². The van der Waals surface area contributed by atoms with E-state index in [1.54, 1.807) is 12.1 Å². The lowest BCUT2D eigenvalue weighted by Crippen LogP contribution is -2.29. The number of hydroxylamine groups is 2. The predicted octanol–water partition coefficient (Wildman–Crippen LogP) is 2.12. The molecule has 0 aliphatic rings. The Labute approximate surface area is 107 Å². The Morgan fingerprint density at radius 1 is 1.53 bits per heavy atom. The molecule has 0 fully saturated rings. The minimum Gasteiger partial charge on any atom is -0.367 e. The molecule has 0 atom stereocenters. The van der Waals surface area contributed by atoms with Gasteiger partial charge in [-0.2, -0.15) is 0 Å². The van der Waals surface area contributed by atoms with E-state index in [0.29, 0.717) is 10.0 Å². The van der Waals surface area contributed by atoms with Gasteiger partial charge in [-0.15, -0.1) is 0 Å². The molecule has 1 amide bonds. The quantitative estimate of drug-likeness (QED) is 0.782. The van der Waals surface area contributed by atoms with Crippen LogP contribution in [0.1, 0.15) is 5.56 Å². The number of ether oxygens (including phenoxy) is 1. The van der Waals surface area contributed by atoms with Gasteiger partial charge in [-0.05, 0) is 12.1 Å². The Bertz CT molecular complexity index is 380. The summed E-state index contributed by atoms with van der Waals surface area (Å²) < 4.78 is 19.1. The molecule has 17 heavy (non-hydrogen) atoms. The summed E-state index contributed by atoms with van der Waals surface area (Å²) in [6.45, 7) is -0.137. The van der Waals surface area contributed by atoms with Crippen LogP contribution in [-0.4, -0.2) is 31.7 Å². The number of halogens is 2. The highest BCUT2D eigenvalue weighted by atomic mass is 79.9. The lowest BCUT2D eigenvalue weighted by molar-refractivity contribution is -0.173. The zero-order valence-electron chi connectivity index (χ0n) is 9.57. The van der Waals surface area contributed by atoms with Crippen LogP contribution in [0.25, 0.3) is 0 Å². The van der Waals surface area contributed by atoms with E-state index in [4.69, 9.17) is 4.74 Å². The number of nitrogens with zero attached hydrogens (tertiary/aromatic N) is 1. The number of carbonyl (C=O) groups excluding carboxylic acids is 1. The molecular formula is C11H13BrFNO3. The third-order valence-corrected chi connectivity index (χ3v) is 2.90. The highest BCUT2D eigenvalue weighted by Crippen LogP contribution is 2.20. The number of likely N-dealkylation sites (N-methyl/N-ethyl adjacent to an activating group) is 1. The highest BCUT2D eigenvalue weighted by molar-refractivity contribution is 9.10. The molecule has 0 spiro atoms. The van der Waals surface area contributed by atoms with E-state index >= 15 is 0 Å². The first-order chi connectivity index (χ1) is 8.06. The molecule has 6 heteroatoms. The highest BCUT2D eigenvalue weighted by Gasteiger charge is 2.10. The van der Waals surface area contributed by atoms with Crippen LogP contribution in [0.2, 0.25) is 0 Å². The lowest BCUT2D eigenvalue weighted by Gasteiger charge is -2.13.